The van der Waals surface area contributed by atoms with Gasteiger partial charge in [0.15, 0.2) is 0 Å². The Bertz CT molecular complexity index is 300. The van der Waals surface area contributed by atoms with E-state index in [2.05, 4.69) is 5.32 Å². The first-order valence-corrected chi connectivity index (χ1v) is 5.94. The number of hydrogen-bond donors (Lipinski definition) is 2. The molecule has 0 unspecified atom stereocenters. The minimum Gasteiger partial charge on any atom is -0.480 e. The summed E-state index contributed by atoms with van der Waals surface area (Å²) < 4.78 is 5.32. The number of rotatable bonds is 4. The van der Waals surface area contributed by atoms with E-state index >= 15 is 0 Å². The van der Waals surface area contributed by atoms with Crippen LogP contribution in [0.2, 0.25) is 0 Å². The summed E-state index contributed by atoms with van der Waals surface area (Å²) in [6.07, 6.45) is 2.69. The molecule has 1 amide bonds. The van der Waals surface area contributed by atoms with Gasteiger partial charge in [-0.25, -0.2) is 4.79 Å². The molecule has 2 N–H and O–H groups in total. The monoisotopic (exact) mass is 243 g/mol. The fourth-order valence-electron chi connectivity index (χ4n) is 1.96. The van der Waals surface area contributed by atoms with Crippen LogP contribution in [-0.2, 0) is 14.3 Å². The molecule has 5 heteroatoms. The lowest BCUT2D eigenvalue weighted by atomic mass is 9.98. The number of aliphatic carboxylic acids is 1. The smallest absolute Gasteiger partial charge is 0.329 e. The first-order valence-electron chi connectivity index (χ1n) is 5.94. The summed E-state index contributed by atoms with van der Waals surface area (Å²) in [6, 6.07) is 0. The molecule has 98 valence electrons. The molecule has 1 rings (SSSR count). The SMILES string of the molecule is CC(C)(C)OCC(=O)NC1(C(=O)O)CCCC1. The lowest BCUT2D eigenvalue weighted by Crippen LogP contribution is -2.53. The number of hydrogen-bond acceptors (Lipinski definition) is 3. The van der Waals surface area contributed by atoms with Crippen LogP contribution in [0.15, 0.2) is 0 Å². The molecule has 0 aromatic rings. The quantitative estimate of drug-likeness (QED) is 0.780. The Morgan fingerprint density at radius 1 is 1.29 bits per heavy atom. The van der Waals surface area contributed by atoms with Gasteiger partial charge in [-0.1, -0.05) is 12.8 Å². The first-order chi connectivity index (χ1) is 7.75. The van der Waals surface area contributed by atoms with Crippen LogP contribution in [-0.4, -0.2) is 34.7 Å². The van der Waals surface area contributed by atoms with Crippen molar-refractivity contribution >= 4 is 11.9 Å². The molecule has 1 aliphatic rings. The van der Waals surface area contributed by atoms with Gasteiger partial charge in [-0.15, -0.1) is 0 Å². The molecule has 0 atom stereocenters. The third-order valence-corrected chi connectivity index (χ3v) is 2.88. The first kappa shape index (κ1) is 14.0. The van der Waals surface area contributed by atoms with Crippen LogP contribution >= 0.6 is 0 Å². The zero-order valence-electron chi connectivity index (χ0n) is 10.7. The number of carboxylic acid groups (broad SMARTS) is 1. The molecular weight excluding hydrogens is 222 g/mol. The summed E-state index contributed by atoms with van der Waals surface area (Å²) in [4.78, 5) is 22.9. The zero-order chi connectivity index (χ0) is 13.1. The molecule has 1 fully saturated rings. The number of carboxylic acids is 1. The Hall–Kier alpha value is -1.10. The van der Waals surface area contributed by atoms with E-state index in [9.17, 15) is 14.7 Å². The molecule has 0 heterocycles. The summed E-state index contributed by atoms with van der Waals surface area (Å²) in [5, 5.41) is 11.8. The standard InChI is InChI=1S/C12H21NO4/c1-11(2,3)17-8-9(14)13-12(10(15)16)6-4-5-7-12/h4-8H2,1-3H3,(H,13,14)(H,15,16). The van der Waals surface area contributed by atoms with Crippen LogP contribution in [0.4, 0.5) is 0 Å². The summed E-state index contributed by atoms with van der Waals surface area (Å²) in [5.74, 6) is -1.30. The average molecular weight is 243 g/mol. The summed E-state index contributed by atoms with van der Waals surface area (Å²) >= 11 is 0. The molecule has 0 bridgehead atoms. The molecule has 1 saturated carbocycles. The third-order valence-electron chi connectivity index (χ3n) is 2.88. The summed E-state index contributed by atoms with van der Waals surface area (Å²) in [6.45, 7) is 5.45. The number of carbonyl (C=O) groups excluding carboxylic acids is 1. The molecule has 0 saturated heterocycles. The van der Waals surface area contributed by atoms with Crippen molar-refractivity contribution in [2.45, 2.75) is 57.6 Å². The van der Waals surface area contributed by atoms with Gasteiger partial charge in [-0.05, 0) is 33.6 Å². The average Bonchev–Trinajstić information content (AvgIpc) is 2.63. The van der Waals surface area contributed by atoms with Crippen molar-refractivity contribution in [3.05, 3.63) is 0 Å². The molecule has 0 aromatic heterocycles. The fourth-order valence-corrected chi connectivity index (χ4v) is 1.96. The van der Waals surface area contributed by atoms with Gasteiger partial charge in [0.05, 0.1) is 5.60 Å². The highest BCUT2D eigenvalue weighted by molar-refractivity contribution is 5.87. The van der Waals surface area contributed by atoms with E-state index in [-0.39, 0.29) is 12.5 Å². The lowest BCUT2D eigenvalue weighted by Gasteiger charge is -2.26. The van der Waals surface area contributed by atoms with Crippen molar-refractivity contribution in [3.63, 3.8) is 0 Å². The Kier molecular flexibility index (Phi) is 4.14. The van der Waals surface area contributed by atoms with Gasteiger partial charge < -0.3 is 15.2 Å². The van der Waals surface area contributed by atoms with Gasteiger partial charge in [0, 0.05) is 0 Å². The largest absolute Gasteiger partial charge is 0.480 e. The Balaban J connectivity index is 2.51. The predicted molar refractivity (Wildman–Crippen MR) is 62.7 cm³/mol. The summed E-state index contributed by atoms with van der Waals surface area (Å²) in [7, 11) is 0. The Morgan fingerprint density at radius 2 is 1.82 bits per heavy atom. The molecule has 1 aliphatic carbocycles. The van der Waals surface area contributed by atoms with Crippen molar-refractivity contribution in [2.75, 3.05) is 6.61 Å². The molecule has 0 radical (unpaired) electrons. The van der Waals surface area contributed by atoms with Crippen LogP contribution in [0.3, 0.4) is 0 Å². The normalized spacial score (nSPS) is 19.0. The van der Waals surface area contributed by atoms with Gasteiger partial charge >= 0.3 is 5.97 Å². The van der Waals surface area contributed by atoms with E-state index in [0.717, 1.165) is 12.8 Å². The number of amides is 1. The van der Waals surface area contributed by atoms with Crippen LogP contribution in [0.25, 0.3) is 0 Å². The van der Waals surface area contributed by atoms with E-state index in [4.69, 9.17) is 4.74 Å². The second-order valence-corrected chi connectivity index (χ2v) is 5.54. The van der Waals surface area contributed by atoms with Crippen LogP contribution in [0.5, 0.6) is 0 Å². The fraction of sp³-hybridized carbons (Fsp3) is 0.833. The highest BCUT2D eigenvalue weighted by Gasteiger charge is 2.42. The number of ether oxygens (including phenoxy) is 1. The van der Waals surface area contributed by atoms with E-state index in [0.29, 0.717) is 12.8 Å². The van der Waals surface area contributed by atoms with E-state index in [1.165, 1.54) is 0 Å². The highest BCUT2D eigenvalue weighted by atomic mass is 16.5. The molecule has 17 heavy (non-hydrogen) atoms. The maximum Gasteiger partial charge on any atom is 0.329 e. The van der Waals surface area contributed by atoms with Gasteiger partial charge in [-0.2, -0.15) is 0 Å². The lowest BCUT2D eigenvalue weighted by molar-refractivity contribution is -0.149. The minimum atomic E-state index is -1.07. The molecule has 0 aliphatic heterocycles. The van der Waals surface area contributed by atoms with Gasteiger partial charge in [0.2, 0.25) is 5.91 Å². The van der Waals surface area contributed by atoms with Crippen molar-refractivity contribution in [2.24, 2.45) is 0 Å². The zero-order valence-corrected chi connectivity index (χ0v) is 10.7. The number of nitrogens with one attached hydrogen (secondary N) is 1. The number of carbonyl (C=O) groups is 2. The molecular formula is C12H21NO4. The van der Waals surface area contributed by atoms with Crippen molar-refractivity contribution in [1.82, 2.24) is 5.32 Å². The Labute approximate surface area is 102 Å². The second kappa shape index (κ2) is 5.04. The topological polar surface area (TPSA) is 75.6 Å². The molecule has 0 aromatic carbocycles. The molecule has 0 spiro atoms. The third kappa shape index (κ3) is 4.00. The van der Waals surface area contributed by atoms with Crippen molar-refractivity contribution in [3.8, 4) is 0 Å². The summed E-state index contributed by atoms with van der Waals surface area (Å²) in [5.41, 5.74) is -1.47. The van der Waals surface area contributed by atoms with Gasteiger partial charge in [-0.3, -0.25) is 4.79 Å². The van der Waals surface area contributed by atoms with Crippen LogP contribution in [0, 0.1) is 0 Å². The van der Waals surface area contributed by atoms with Crippen molar-refractivity contribution < 1.29 is 19.4 Å². The minimum absolute atomic E-state index is 0.0987. The Morgan fingerprint density at radius 3 is 2.24 bits per heavy atom. The van der Waals surface area contributed by atoms with E-state index in [1.54, 1.807) is 0 Å². The predicted octanol–water partition coefficient (Wildman–Crippen LogP) is 1.32. The van der Waals surface area contributed by atoms with Crippen LogP contribution in [0.1, 0.15) is 46.5 Å². The van der Waals surface area contributed by atoms with Crippen LogP contribution < -0.4 is 5.32 Å². The highest BCUT2D eigenvalue weighted by Crippen LogP contribution is 2.29. The maximum atomic E-state index is 11.7. The van der Waals surface area contributed by atoms with E-state index < -0.39 is 17.1 Å². The molecule has 5 nitrogen and oxygen atoms in total. The van der Waals surface area contributed by atoms with Crippen molar-refractivity contribution in [1.29, 1.82) is 0 Å². The maximum absolute atomic E-state index is 11.7. The van der Waals surface area contributed by atoms with E-state index in [1.807, 2.05) is 20.8 Å². The van der Waals surface area contributed by atoms with Gasteiger partial charge in [0.1, 0.15) is 12.1 Å². The van der Waals surface area contributed by atoms with Gasteiger partial charge in [0.25, 0.3) is 0 Å². The second-order valence-electron chi connectivity index (χ2n) is 5.54.